The number of nitrogens with two attached hydrogens (primary N) is 2. The van der Waals surface area contributed by atoms with E-state index < -0.39 is 5.60 Å². The van der Waals surface area contributed by atoms with Gasteiger partial charge in [-0.05, 0) is 32.9 Å². The summed E-state index contributed by atoms with van der Waals surface area (Å²) < 4.78 is 5.17. The Kier molecular flexibility index (Phi) is 4.22. The monoisotopic (exact) mass is 255 g/mol. The first-order chi connectivity index (χ1) is 7.78. The second-order valence-corrected chi connectivity index (χ2v) is 5.49. The zero-order chi connectivity index (χ0) is 13.1. The summed E-state index contributed by atoms with van der Waals surface area (Å²) in [6.07, 6.45) is 0. The lowest BCUT2D eigenvalue weighted by atomic mass is 10.2. The number of esters is 1. The molecule has 0 aromatic carbocycles. The van der Waals surface area contributed by atoms with Gasteiger partial charge < -0.3 is 16.2 Å². The molecule has 1 aromatic heterocycles. The smallest absolute Gasteiger partial charge is 0.316 e. The van der Waals surface area contributed by atoms with Crippen molar-refractivity contribution in [3.63, 3.8) is 0 Å². The first-order valence-electron chi connectivity index (χ1n) is 5.14. The third-order valence-corrected chi connectivity index (χ3v) is 2.59. The van der Waals surface area contributed by atoms with Gasteiger partial charge in [-0.25, -0.2) is 4.98 Å². The first kappa shape index (κ1) is 13.6. The van der Waals surface area contributed by atoms with E-state index in [9.17, 15) is 4.79 Å². The number of hydrogen-bond acceptors (Lipinski definition) is 6. The lowest BCUT2D eigenvalue weighted by Crippen LogP contribution is -2.24. The molecule has 0 unspecified atom stereocenters. The van der Waals surface area contributed by atoms with Crippen LogP contribution in [0.4, 0.5) is 11.5 Å². The van der Waals surface area contributed by atoms with Crippen molar-refractivity contribution >= 4 is 29.2 Å². The summed E-state index contributed by atoms with van der Waals surface area (Å²) in [5, 5.41) is 0.655. The minimum atomic E-state index is -0.467. The Morgan fingerprint density at radius 1 is 1.41 bits per heavy atom. The van der Waals surface area contributed by atoms with Crippen LogP contribution in [0, 0.1) is 0 Å². The summed E-state index contributed by atoms with van der Waals surface area (Å²) in [4.78, 5) is 15.5. The molecular formula is C11H17N3O2S. The van der Waals surface area contributed by atoms with E-state index in [-0.39, 0.29) is 17.5 Å². The van der Waals surface area contributed by atoms with Gasteiger partial charge in [0.1, 0.15) is 11.4 Å². The number of ether oxygens (including phenoxy) is 1. The molecule has 5 nitrogen and oxygen atoms in total. The average Bonchev–Trinajstić information content (AvgIpc) is 2.17. The van der Waals surface area contributed by atoms with Gasteiger partial charge >= 0.3 is 5.97 Å². The lowest BCUT2D eigenvalue weighted by molar-refractivity contribution is -0.151. The topological polar surface area (TPSA) is 91.2 Å². The largest absolute Gasteiger partial charge is 0.459 e. The molecule has 0 amide bonds. The Hall–Kier alpha value is -1.43. The van der Waals surface area contributed by atoms with E-state index in [1.165, 1.54) is 11.8 Å². The highest BCUT2D eigenvalue weighted by Crippen LogP contribution is 2.21. The quantitative estimate of drug-likeness (QED) is 0.630. The SMILES string of the molecule is CC(C)(C)OC(=O)CSc1ccc(N)c(N)n1. The number of aromatic nitrogens is 1. The van der Waals surface area contributed by atoms with Crippen LogP contribution in [-0.2, 0) is 9.53 Å². The van der Waals surface area contributed by atoms with Crippen LogP contribution in [0.3, 0.4) is 0 Å². The molecule has 0 aliphatic carbocycles. The van der Waals surface area contributed by atoms with Crippen LogP contribution in [0.1, 0.15) is 20.8 Å². The zero-order valence-electron chi connectivity index (χ0n) is 10.2. The standard InChI is InChI=1S/C11H17N3O2S/c1-11(2,3)16-9(15)6-17-8-5-4-7(12)10(13)14-8/h4-5H,6,12H2,1-3H3,(H2,13,14). The third-order valence-electron chi connectivity index (χ3n) is 1.69. The summed E-state index contributed by atoms with van der Waals surface area (Å²) in [7, 11) is 0. The van der Waals surface area contributed by atoms with Gasteiger partial charge in [-0.1, -0.05) is 11.8 Å². The van der Waals surface area contributed by atoms with Gasteiger partial charge in [0.05, 0.1) is 16.5 Å². The van der Waals surface area contributed by atoms with Gasteiger partial charge in [0.2, 0.25) is 0 Å². The molecule has 0 fully saturated rings. The predicted octanol–water partition coefficient (Wildman–Crippen LogP) is 1.68. The molecule has 6 heteroatoms. The molecular weight excluding hydrogens is 238 g/mol. The fraction of sp³-hybridized carbons (Fsp3) is 0.455. The van der Waals surface area contributed by atoms with Crippen molar-refractivity contribution in [3.8, 4) is 0 Å². The van der Waals surface area contributed by atoms with Crippen molar-refractivity contribution in [2.75, 3.05) is 17.2 Å². The molecule has 4 N–H and O–H groups in total. The fourth-order valence-corrected chi connectivity index (χ4v) is 1.70. The van der Waals surface area contributed by atoms with E-state index in [1.807, 2.05) is 20.8 Å². The maximum Gasteiger partial charge on any atom is 0.316 e. The van der Waals surface area contributed by atoms with Crippen LogP contribution < -0.4 is 11.5 Å². The van der Waals surface area contributed by atoms with Crippen LogP contribution in [-0.4, -0.2) is 22.3 Å². The number of anilines is 2. The minimum Gasteiger partial charge on any atom is -0.459 e. The second kappa shape index (κ2) is 5.27. The maximum atomic E-state index is 11.5. The molecule has 0 saturated carbocycles. The highest BCUT2D eigenvalue weighted by molar-refractivity contribution is 7.99. The Labute approximate surface area is 105 Å². The number of thioether (sulfide) groups is 1. The van der Waals surface area contributed by atoms with E-state index in [4.69, 9.17) is 16.2 Å². The average molecular weight is 255 g/mol. The van der Waals surface area contributed by atoms with Crippen LogP contribution >= 0.6 is 11.8 Å². The van der Waals surface area contributed by atoms with E-state index in [1.54, 1.807) is 12.1 Å². The number of nitrogens with zero attached hydrogens (tertiary/aromatic N) is 1. The van der Waals surface area contributed by atoms with Crippen LogP contribution in [0.5, 0.6) is 0 Å². The maximum absolute atomic E-state index is 11.5. The van der Waals surface area contributed by atoms with Crippen molar-refractivity contribution in [2.45, 2.75) is 31.4 Å². The number of pyridine rings is 1. The normalized spacial score (nSPS) is 11.2. The second-order valence-electron chi connectivity index (χ2n) is 4.50. The number of rotatable bonds is 3. The van der Waals surface area contributed by atoms with Gasteiger partial charge in [0, 0.05) is 0 Å². The summed E-state index contributed by atoms with van der Waals surface area (Å²) >= 11 is 1.27. The predicted molar refractivity (Wildman–Crippen MR) is 69.6 cm³/mol. The van der Waals surface area contributed by atoms with Gasteiger partial charge in [-0.15, -0.1) is 0 Å². The van der Waals surface area contributed by atoms with Gasteiger partial charge in [0.15, 0.2) is 0 Å². The zero-order valence-corrected chi connectivity index (χ0v) is 11.0. The van der Waals surface area contributed by atoms with Crippen LogP contribution in [0.2, 0.25) is 0 Å². The Morgan fingerprint density at radius 3 is 2.59 bits per heavy atom. The van der Waals surface area contributed by atoms with Crippen molar-refractivity contribution in [2.24, 2.45) is 0 Å². The Balaban J connectivity index is 2.50. The lowest BCUT2D eigenvalue weighted by Gasteiger charge is -2.19. The van der Waals surface area contributed by atoms with E-state index in [0.29, 0.717) is 10.7 Å². The van der Waals surface area contributed by atoms with Crippen molar-refractivity contribution in [1.82, 2.24) is 4.98 Å². The number of hydrogen-bond donors (Lipinski definition) is 2. The van der Waals surface area contributed by atoms with E-state index in [0.717, 1.165) is 0 Å². The van der Waals surface area contributed by atoms with Gasteiger partial charge in [-0.3, -0.25) is 4.79 Å². The molecule has 0 spiro atoms. The minimum absolute atomic E-state index is 0.202. The van der Waals surface area contributed by atoms with Crippen LogP contribution in [0.25, 0.3) is 0 Å². The van der Waals surface area contributed by atoms with Gasteiger partial charge in [-0.2, -0.15) is 0 Å². The highest BCUT2D eigenvalue weighted by Gasteiger charge is 2.16. The molecule has 1 rings (SSSR count). The van der Waals surface area contributed by atoms with E-state index >= 15 is 0 Å². The number of carbonyl (C=O) groups excluding carboxylic acids is 1. The van der Waals surface area contributed by atoms with Gasteiger partial charge in [0.25, 0.3) is 0 Å². The number of nitrogen functional groups attached to an aromatic ring is 2. The molecule has 1 heterocycles. The Bertz CT molecular complexity index is 416. The first-order valence-corrected chi connectivity index (χ1v) is 6.13. The molecule has 0 atom stereocenters. The number of carbonyl (C=O) groups is 1. The Morgan fingerprint density at radius 2 is 2.06 bits per heavy atom. The van der Waals surface area contributed by atoms with Crippen molar-refractivity contribution in [3.05, 3.63) is 12.1 Å². The molecule has 17 heavy (non-hydrogen) atoms. The molecule has 0 aliphatic rings. The van der Waals surface area contributed by atoms with Crippen molar-refractivity contribution in [1.29, 1.82) is 0 Å². The summed E-state index contributed by atoms with van der Waals surface area (Å²) in [6.45, 7) is 5.49. The molecule has 1 aromatic rings. The van der Waals surface area contributed by atoms with E-state index in [2.05, 4.69) is 4.98 Å². The summed E-state index contributed by atoms with van der Waals surface area (Å²) in [6, 6.07) is 3.39. The molecule has 0 aliphatic heterocycles. The molecule has 0 saturated heterocycles. The highest BCUT2D eigenvalue weighted by atomic mass is 32.2. The molecule has 0 radical (unpaired) electrons. The molecule has 94 valence electrons. The summed E-state index contributed by atoms with van der Waals surface area (Å²) in [5.41, 5.74) is 11.1. The molecule has 0 bridgehead atoms. The van der Waals surface area contributed by atoms with Crippen molar-refractivity contribution < 1.29 is 9.53 Å². The van der Waals surface area contributed by atoms with Crippen LogP contribution in [0.15, 0.2) is 17.2 Å². The fourth-order valence-electron chi connectivity index (χ4n) is 1.05. The summed E-state index contributed by atoms with van der Waals surface area (Å²) in [5.74, 6) is 0.201. The third kappa shape index (κ3) is 4.95.